The van der Waals surface area contributed by atoms with E-state index in [1.807, 2.05) is 10.6 Å². The maximum atomic E-state index is 5.93. The van der Waals surface area contributed by atoms with Crippen LogP contribution in [0.2, 0.25) is 5.02 Å². The number of pyridine rings is 1. The summed E-state index contributed by atoms with van der Waals surface area (Å²) in [5, 5.41) is 0.586. The number of ether oxygens (including phenoxy) is 1. The SMILES string of the molecule is ClCc1nc2cc(Cl)cnc2n1CCOCC1CC1. The average molecular weight is 300 g/mol. The highest BCUT2D eigenvalue weighted by atomic mass is 35.5. The van der Waals surface area contributed by atoms with Gasteiger partial charge in [-0.1, -0.05) is 11.6 Å². The molecular formula is C13H15Cl2N3O. The summed E-state index contributed by atoms with van der Waals surface area (Å²) < 4.78 is 7.66. The van der Waals surface area contributed by atoms with Gasteiger partial charge in [0.1, 0.15) is 11.3 Å². The molecule has 1 aliphatic carbocycles. The fourth-order valence-electron chi connectivity index (χ4n) is 2.06. The van der Waals surface area contributed by atoms with Crippen LogP contribution in [0.1, 0.15) is 18.7 Å². The molecule has 0 radical (unpaired) electrons. The van der Waals surface area contributed by atoms with E-state index in [1.165, 1.54) is 12.8 Å². The molecule has 0 N–H and O–H groups in total. The van der Waals surface area contributed by atoms with Gasteiger partial charge in [-0.25, -0.2) is 9.97 Å². The lowest BCUT2D eigenvalue weighted by molar-refractivity contribution is 0.117. The zero-order chi connectivity index (χ0) is 13.2. The number of fused-ring (bicyclic) bond motifs is 1. The van der Waals surface area contributed by atoms with Crippen molar-refractivity contribution in [1.82, 2.24) is 14.5 Å². The van der Waals surface area contributed by atoms with Gasteiger partial charge in [0.05, 0.1) is 17.5 Å². The summed E-state index contributed by atoms with van der Waals surface area (Å²) in [6.45, 7) is 2.25. The van der Waals surface area contributed by atoms with Crippen molar-refractivity contribution in [2.24, 2.45) is 5.92 Å². The predicted molar refractivity (Wildman–Crippen MR) is 75.6 cm³/mol. The van der Waals surface area contributed by atoms with Crippen LogP contribution in [-0.4, -0.2) is 27.7 Å². The number of rotatable bonds is 6. The molecule has 19 heavy (non-hydrogen) atoms. The highest BCUT2D eigenvalue weighted by molar-refractivity contribution is 6.31. The third kappa shape index (κ3) is 3.02. The third-order valence-electron chi connectivity index (χ3n) is 3.26. The van der Waals surface area contributed by atoms with E-state index in [4.69, 9.17) is 27.9 Å². The van der Waals surface area contributed by atoms with Crippen LogP contribution >= 0.6 is 23.2 Å². The van der Waals surface area contributed by atoms with E-state index in [1.54, 1.807) is 6.20 Å². The van der Waals surface area contributed by atoms with Gasteiger partial charge in [-0.15, -0.1) is 11.6 Å². The van der Waals surface area contributed by atoms with Crippen LogP contribution in [0.15, 0.2) is 12.3 Å². The lowest BCUT2D eigenvalue weighted by Crippen LogP contribution is -2.10. The molecule has 0 unspecified atom stereocenters. The second-order valence-corrected chi connectivity index (χ2v) is 5.53. The molecule has 0 amide bonds. The molecule has 1 saturated carbocycles. The van der Waals surface area contributed by atoms with Gasteiger partial charge >= 0.3 is 0 Å². The average Bonchev–Trinajstić information content (AvgIpc) is 3.16. The Labute approximate surface area is 121 Å². The van der Waals surface area contributed by atoms with Crippen LogP contribution in [0, 0.1) is 5.92 Å². The molecule has 2 aromatic heterocycles. The fourth-order valence-corrected chi connectivity index (χ4v) is 2.42. The molecule has 0 atom stereocenters. The van der Waals surface area contributed by atoms with Crippen LogP contribution in [0.4, 0.5) is 0 Å². The summed E-state index contributed by atoms with van der Waals surface area (Å²) in [5.74, 6) is 1.95. The van der Waals surface area contributed by atoms with Gasteiger partial charge in [0, 0.05) is 19.3 Å². The van der Waals surface area contributed by atoms with E-state index >= 15 is 0 Å². The molecule has 3 rings (SSSR count). The normalized spacial score (nSPS) is 15.3. The molecule has 0 spiro atoms. The minimum Gasteiger partial charge on any atom is -0.379 e. The monoisotopic (exact) mass is 299 g/mol. The Morgan fingerprint density at radius 3 is 3.00 bits per heavy atom. The second-order valence-electron chi connectivity index (χ2n) is 4.83. The summed E-state index contributed by atoms with van der Waals surface area (Å²) in [6.07, 6.45) is 4.24. The van der Waals surface area contributed by atoms with Crippen molar-refractivity contribution in [2.75, 3.05) is 13.2 Å². The fraction of sp³-hybridized carbons (Fsp3) is 0.538. The number of hydrogen-bond acceptors (Lipinski definition) is 3. The molecule has 1 aliphatic rings. The number of halogens is 2. The highest BCUT2D eigenvalue weighted by Crippen LogP contribution is 2.28. The zero-order valence-electron chi connectivity index (χ0n) is 10.5. The van der Waals surface area contributed by atoms with Crippen molar-refractivity contribution in [1.29, 1.82) is 0 Å². The maximum Gasteiger partial charge on any atom is 0.160 e. The zero-order valence-corrected chi connectivity index (χ0v) is 12.0. The quantitative estimate of drug-likeness (QED) is 0.607. The van der Waals surface area contributed by atoms with Crippen LogP contribution in [0.3, 0.4) is 0 Å². The first kappa shape index (κ1) is 13.2. The minimum absolute atomic E-state index is 0.358. The molecule has 102 valence electrons. The van der Waals surface area contributed by atoms with E-state index in [9.17, 15) is 0 Å². The van der Waals surface area contributed by atoms with E-state index < -0.39 is 0 Å². The molecule has 0 saturated heterocycles. The molecule has 2 heterocycles. The molecule has 0 bridgehead atoms. The number of hydrogen-bond donors (Lipinski definition) is 0. The van der Waals surface area contributed by atoms with Crippen molar-refractivity contribution in [3.8, 4) is 0 Å². The van der Waals surface area contributed by atoms with Crippen LogP contribution < -0.4 is 0 Å². The van der Waals surface area contributed by atoms with Gasteiger partial charge in [0.2, 0.25) is 0 Å². The predicted octanol–water partition coefficient (Wildman–Crippen LogP) is 3.25. The van der Waals surface area contributed by atoms with Gasteiger partial charge < -0.3 is 9.30 Å². The topological polar surface area (TPSA) is 39.9 Å². The van der Waals surface area contributed by atoms with Crippen LogP contribution in [-0.2, 0) is 17.2 Å². The summed E-state index contributed by atoms with van der Waals surface area (Å²) in [4.78, 5) is 8.78. The van der Waals surface area contributed by atoms with Crippen molar-refractivity contribution in [3.05, 3.63) is 23.1 Å². The number of aromatic nitrogens is 3. The lowest BCUT2D eigenvalue weighted by Gasteiger charge is -2.07. The van der Waals surface area contributed by atoms with E-state index in [-0.39, 0.29) is 0 Å². The molecule has 2 aromatic rings. The summed E-state index contributed by atoms with van der Waals surface area (Å²) in [5.41, 5.74) is 1.60. The standard InChI is InChI=1S/C13H15Cl2N3O/c14-6-12-17-11-5-10(15)7-16-13(11)18(12)3-4-19-8-9-1-2-9/h5,7,9H,1-4,6,8H2. The van der Waals surface area contributed by atoms with E-state index in [0.717, 1.165) is 36.1 Å². The first-order chi connectivity index (χ1) is 9.28. The Morgan fingerprint density at radius 1 is 1.42 bits per heavy atom. The third-order valence-corrected chi connectivity index (χ3v) is 3.71. The van der Waals surface area contributed by atoms with Crippen molar-refractivity contribution in [2.45, 2.75) is 25.3 Å². The summed E-state index contributed by atoms with van der Waals surface area (Å²) in [7, 11) is 0. The number of imidazole rings is 1. The Hall–Kier alpha value is -0.840. The van der Waals surface area contributed by atoms with Gasteiger partial charge in [-0.05, 0) is 24.8 Å². The second kappa shape index (κ2) is 5.65. The highest BCUT2D eigenvalue weighted by Gasteiger charge is 2.21. The molecule has 0 aromatic carbocycles. The molecule has 1 fully saturated rings. The Bertz CT molecular complexity index is 581. The molecule has 0 aliphatic heterocycles. The largest absolute Gasteiger partial charge is 0.379 e. The first-order valence-corrected chi connectivity index (χ1v) is 7.33. The Kier molecular flexibility index (Phi) is 3.91. The van der Waals surface area contributed by atoms with Gasteiger partial charge in [-0.3, -0.25) is 0 Å². The molecular weight excluding hydrogens is 285 g/mol. The van der Waals surface area contributed by atoms with Crippen LogP contribution in [0.5, 0.6) is 0 Å². The van der Waals surface area contributed by atoms with Crippen molar-refractivity contribution in [3.63, 3.8) is 0 Å². The number of nitrogens with zero attached hydrogens (tertiary/aromatic N) is 3. The number of alkyl halides is 1. The van der Waals surface area contributed by atoms with Crippen LogP contribution in [0.25, 0.3) is 11.2 Å². The minimum atomic E-state index is 0.358. The van der Waals surface area contributed by atoms with E-state index in [2.05, 4.69) is 9.97 Å². The Balaban J connectivity index is 1.75. The smallest absolute Gasteiger partial charge is 0.160 e. The lowest BCUT2D eigenvalue weighted by atomic mass is 10.4. The molecule has 4 nitrogen and oxygen atoms in total. The van der Waals surface area contributed by atoms with Gasteiger partial charge in [0.15, 0.2) is 5.65 Å². The van der Waals surface area contributed by atoms with E-state index in [0.29, 0.717) is 17.5 Å². The summed E-state index contributed by atoms with van der Waals surface area (Å²) in [6, 6.07) is 1.81. The van der Waals surface area contributed by atoms with Gasteiger partial charge in [-0.2, -0.15) is 0 Å². The summed E-state index contributed by atoms with van der Waals surface area (Å²) >= 11 is 11.9. The molecule has 6 heteroatoms. The Morgan fingerprint density at radius 2 is 2.26 bits per heavy atom. The first-order valence-electron chi connectivity index (χ1n) is 6.42. The maximum absolute atomic E-state index is 5.93. The van der Waals surface area contributed by atoms with Crippen molar-refractivity contribution >= 4 is 34.4 Å². The van der Waals surface area contributed by atoms with Crippen molar-refractivity contribution < 1.29 is 4.74 Å². The van der Waals surface area contributed by atoms with Gasteiger partial charge in [0.25, 0.3) is 0 Å².